The van der Waals surface area contributed by atoms with Crippen LogP contribution in [0.3, 0.4) is 0 Å². The maximum absolute atomic E-state index is 13.1. The number of aryl methyl sites for hydroxylation is 1. The highest BCUT2D eigenvalue weighted by Crippen LogP contribution is 2.29. The Bertz CT molecular complexity index is 2580. The fourth-order valence-corrected chi connectivity index (χ4v) is 7.25. The van der Waals surface area contributed by atoms with E-state index in [0.717, 1.165) is 23.3 Å². The average Bonchev–Trinajstić information content (AvgIpc) is 3.20. The number of methoxy groups -OCH3 is 1. The van der Waals surface area contributed by atoms with Gasteiger partial charge in [0.1, 0.15) is 31.4 Å². The Kier molecular flexibility index (Phi) is 21.2. The number of carbonyl (C=O) groups is 3. The summed E-state index contributed by atoms with van der Waals surface area (Å²) in [5.41, 5.74) is -1.08. The highest BCUT2D eigenvalue weighted by Gasteiger charge is 2.37. The summed E-state index contributed by atoms with van der Waals surface area (Å²) >= 11 is 0. The molecule has 66 heavy (non-hydrogen) atoms. The number of esters is 1. The van der Waals surface area contributed by atoms with Gasteiger partial charge in [-0.05, 0) is 86.1 Å². The molecule has 0 radical (unpaired) electrons. The molecule has 4 N–H and O–H groups in total. The van der Waals surface area contributed by atoms with E-state index in [9.17, 15) is 55.0 Å². The van der Waals surface area contributed by atoms with Gasteiger partial charge in [-0.15, -0.1) is 0 Å². The number of carboxylic acid groups (broad SMARTS) is 1. The summed E-state index contributed by atoms with van der Waals surface area (Å²) in [6, 6.07) is 17.8. The number of carbonyl (C=O) groups excluding carboxylic acids is 2. The number of amides is 1. The van der Waals surface area contributed by atoms with E-state index in [1.165, 1.54) is 31.4 Å². The Balaban J connectivity index is 0.000000406. The van der Waals surface area contributed by atoms with Crippen LogP contribution in [0.25, 0.3) is 5.69 Å². The molecular weight excluding hydrogens is 939 g/mol. The fraction of sp³-hybridized carbons (Fsp3) is 0.390. The number of aliphatic carboxylic acids is 1. The van der Waals surface area contributed by atoms with E-state index in [2.05, 4.69) is 23.5 Å². The van der Waals surface area contributed by atoms with Crippen molar-refractivity contribution in [1.82, 2.24) is 18.8 Å². The second-order valence-corrected chi connectivity index (χ2v) is 20.2. The molecule has 2 unspecified atom stereocenters. The lowest BCUT2D eigenvalue weighted by molar-refractivity contribution is -0.193. The molecule has 0 fully saturated rings. The number of para-hydroxylation sites is 1. The summed E-state index contributed by atoms with van der Waals surface area (Å²) < 4.78 is 93.2. The Morgan fingerprint density at radius 1 is 0.985 bits per heavy atom. The van der Waals surface area contributed by atoms with Crippen molar-refractivity contribution < 1.29 is 69.6 Å². The van der Waals surface area contributed by atoms with E-state index >= 15 is 0 Å². The van der Waals surface area contributed by atoms with Gasteiger partial charge in [-0.25, -0.2) is 18.5 Å². The highest BCUT2D eigenvalue weighted by atomic mass is 32.2. The van der Waals surface area contributed by atoms with Crippen LogP contribution in [0.2, 0.25) is 0 Å². The van der Waals surface area contributed by atoms with E-state index < -0.39 is 83.7 Å². The smallest absolute Gasteiger partial charge is 0.431 e. The van der Waals surface area contributed by atoms with Gasteiger partial charge >= 0.3 is 34.0 Å². The van der Waals surface area contributed by atoms with Crippen LogP contribution in [-0.2, 0) is 66.2 Å². The third-order valence-corrected chi connectivity index (χ3v) is 10.6. The van der Waals surface area contributed by atoms with Crippen molar-refractivity contribution in [2.75, 3.05) is 43.4 Å². The third kappa shape index (κ3) is 17.3. The number of nitrogens with one attached hydrogen (secondary N) is 2. The first kappa shape index (κ1) is 56.5. The third-order valence-electron chi connectivity index (χ3n) is 8.39. The van der Waals surface area contributed by atoms with Crippen molar-refractivity contribution in [2.45, 2.75) is 59.0 Å². The lowest BCUT2D eigenvalue weighted by atomic mass is 10.1. The molecule has 1 aliphatic heterocycles. The second-order valence-electron chi connectivity index (χ2n) is 14.6. The Morgan fingerprint density at radius 3 is 2.09 bits per heavy atom. The van der Waals surface area contributed by atoms with Gasteiger partial charge in [0, 0.05) is 24.7 Å². The number of halogens is 3. The fourth-order valence-electron chi connectivity index (χ4n) is 5.43. The molecule has 5 rings (SSSR count). The number of fused-ring (bicyclic) bond motifs is 1. The number of anilines is 1. The molecule has 1 aliphatic rings. The van der Waals surface area contributed by atoms with Gasteiger partial charge in [0.2, 0.25) is 0 Å². The summed E-state index contributed by atoms with van der Waals surface area (Å²) in [5, 5.41) is 9.97. The van der Waals surface area contributed by atoms with E-state index in [-0.39, 0.29) is 12.3 Å². The minimum atomic E-state index is -4.84. The summed E-state index contributed by atoms with van der Waals surface area (Å²) in [6.45, 7) is 6.47. The van der Waals surface area contributed by atoms with Crippen LogP contribution in [0.1, 0.15) is 54.9 Å². The first-order valence-electron chi connectivity index (χ1n) is 19.4. The number of nitrogens with zero attached hydrogens (tertiary/aromatic N) is 3. The second kappa shape index (κ2) is 24.8. The number of alkyl halides is 3. The predicted molar refractivity (Wildman–Crippen MR) is 240 cm³/mol. The van der Waals surface area contributed by atoms with Crippen LogP contribution in [0.15, 0.2) is 82.4 Å². The lowest BCUT2D eigenvalue weighted by Crippen LogP contribution is -2.48. The van der Waals surface area contributed by atoms with Crippen LogP contribution in [0.4, 0.5) is 18.9 Å². The summed E-state index contributed by atoms with van der Waals surface area (Å²) in [5.74, 6) is -1.34. The number of hydrogen-bond acceptors (Lipinski definition) is 13. The molecule has 1 aromatic heterocycles. The quantitative estimate of drug-likeness (QED) is 0.0849. The number of rotatable bonds is 13. The largest absolute Gasteiger partial charge is 0.778 e. The summed E-state index contributed by atoms with van der Waals surface area (Å²) in [7, 11) is -5.24. The Morgan fingerprint density at radius 2 is 1.58 bits per heavy atom. The van der Waals surface area contributed by atoms with Gasteiger partial charge in [0.15, 0.2) is 6.10 Å². The normalized spacial score (nSPS) is 14.1. The van der Waals surface area contributed by atoms with Gasteiger partial charge in [-0.1, -0.05) is 31.2 Å². The van der Waals surface area contributed by atoms with Crippen LogP contribution in [-0.4, -0.2) is 101 Å². The maximum Gasteiger partial charge on any atom is 0.431 e. The van der Waals surface area contributed by atoms with Gasteiger partial charge in [-0.2, -0.15) is 21.6 Å². The molecule has 19 nitrogen and oxygen atoms in total. The molecule has 3 aromatic carbocycles. The maximum atomic E-state index is 13.1. The monoisotopic (exact) mass is 991 g/mol. The molecule has 364 valence electrons. The standard InChI is InChI=1S/C25H25F3N2O6.C10H12N2O3S.C3H8NO5P.C3H9S/c1-5-16-6-7-17(20(12-16)36-15(2)23(32)34-4)14-35-19-10-8-18(9-11-19)30-22(31)13-21(25(26,27)28)29(3)24(30)33;1-7(2)12-10(13)8-5-3-4-6-9(8)11-16(12,14)15;5-3(6)1-4-2-10(7,8)9;1-4(2)3/h6-13,15H,5,14H2,1-4H3;3-7,11H,1-2H3;4H,1-2H2,(H,5,6)(H2,7,8,9);1-3H3/q;;;+1/p-1. The topological polar surface area (TPSA) is 265 Å². The molecule has 2 heterocycles. The molecule has 0 saturated carbocycles. The minimum absolute atomic E-state index is 0.0779. The first-order chi connectivity index (χ1) is 30.5. The van der Waals surface area contributed by atoms with Gasteiger partial charge in [-0.3, -0.25) is 29.0 Å². The van der Waals surface area contributed by atoms with E-state index in [0.29, 0.717) is 54.4 Å². The van der Waals surface area contributed by atoms with Crippen LogP contribution in [0.5, 0.6) is 11.5 Å². The van der Waals surface area contributed by atoms with Crippen molar-refractivity contribution in [2.24, 2.45) is 7.05 Å². The summed E-state index contributed by atoms with van der Waals surface area (Å²) in [4.78, 5) is 76.2. The van der Waals surface area contributed by atoms with Crippen molar-refractivity contribution in [1.29, 1.82) is 0 Å². The number of benzene rings is 3. The molecule has 0 spiro atoms. The van der Waals surface area contributed by atoms with Gasteiger partial charge in [0.05, 0.1) is 55.6 Å². The Labute approximate surface area is 382 Å². The van der Waals surface area contributed by atoms with Crippen molar-refractivity contribution >= 4 is 52.2 Å². The zero-order valence-corrected chi connectivity index (χ0v) is 40.0. The zero-order chi connectivity index (χ0) is 50.3. The molecule has 0 aliphatic carbocycles. The summed E-state index contributed by atoms with van der Waals surface area (Å²) in [6.07, 6.45) is 0.967. The van der Waals surface area contributed by atoms with Crippen LogP contribution >= 0.6 is 7.60 Å². The van der Waals surface area contributed by atoms with Crippen molar-refractivity contribution in [3.05, 3.63) is 116 Å². The minimum Gasteiger partial charge on any atom is -0.778 e. The molecule has 2 atom stereocenters. The Hall–Kier alpha value is -5.65. The SMILES string of the molecule is CC(C)N1C(=O)c2ccccc2NS1(=O)=O.CCc1ccc(COc2ccc(-n3c(=O)cc(C(F)(F)F)n(C)c3=O)cc2)c(OC(C)C(=O)OC)c1.C[S+](C)C.O=C(O)CNCP(=O)([O-])O. The predicted octanol–water partition coefficient (Wildman–Crippen LogP) is 3.50. The molecule has 0 bridgehead atoms. The van der Waals surface area contributed by atoms with Crippen molar-refractivity contribution in [3.63, 3.8) is 0 Å². The molecule has 4 aromatic rings. The first-order valence-corrected chi connectivity index (χ1v) is 25.1. The highest BCUT2D eigenvalue weighted by molar-refractivity contribution is 7.94. The van der Waals surface area contributed by atoms with Crippen molar-refractivity contribution in [3.8, 4) is 17.2 Å². The molecule has 1 amide bonds. The van der Waals surface area contributed by atoms with E-state index in [1.54, 1.807) is 45.0 Å². The van der Waals surface area contributed by atoms with E-state index in [4.69, 9.17) is 24.2 Å². The molecule has 0 saturated heterocycles. The number of carboxylic acids is 1. The lowest BCUT2D eigenvalue weighted by Gasteiger charge is -2.31. The van der Waals surface area contributed by atoms with Gasteiger partial charge in [0.25, 0.3) is 11.5 Å². The number of aromatic nitrogens is 2. The van der Waals surface area contributed by atoms with E-state index in [1.807, 2.05) is 30.4 Å². The number of ether oxygens (including phenoxy) is 3. The molecular formula is C41H53F3N5O14PS2. The van der Waals surface area contributed by atoms with Crippen LogP contribution < -0.4 is 35.7 Å². The average molecular weight is 992 g/mol. The molecule has 25 heteroatoms. The van der Waals surface area contributed by atoms with Gasteiger partial charge < -0.3 is 33.7 Å². The number of hydrogen-bond donors (Lipinski definition) is 4. The van der Waals surface area contributed by atoms with Crippen LogP contribution in [0, 0.1) is 0 Å². The zero-order valence-electron chi connectivity index (χ0n) is 37.4.